The van der Waals surface area contributed by atoms with Crippen LogP contribution >= 0.6 is 21.6 Å². The predicted molar refractivity (Wildman–Crippen MR) is 347 cm³/mol. The molecule has 2 aromatic rings. The third-order valence-electron chi connectivity index (χ3n) is 29.4. The second-order valence-corrected chi connectivity index (χ2v) is 35.0. The van der Waals surface area contributed by atoms with E-state index >= 15 is 4.79 Å². The number of aromatic hydroxyl groups is 1. The molecule has 11 fully saturated rings. The lowest BCUT2D eigenvalue weighted by Gasteiger charge is -2.65. The van der Waals surface area contributed by atoms with Gasteiger partial charge in [-0.3, -0.25) is 14.6 Å². The minimum Gasteiger partial charge on any atom is -0.504 e. The first-order chi connectivity index (χ1) is 42.2. The van der Waals surface area contributed by atoms with Crippen LogP contribution in [0.1, 0.15) is 234 Å². The molecule has 11 nitrogen and oxygen atoms in total. The number of esters is 1. The van der Waals surface area contributed by atoms with Crippen LogP contribution in [-0.4, -0.2) is 87.6 Å². The maximum atomic E-state index is 15.1. The summed E-state index contributed by atoms with van der Waals surface area (Å²) in [6.45, 7) is 4.16. The van der Waals surface area contributed by atoms with Crippen molar-refractivity contribution in [3.63, 3.8) is 0 Å². The van der Waals surface area contributed by atoms with Crippen molar-refractivity contribution in [1.29, 1.82) is 0 Å². The van der Waals surface area contributed by atoms with Crippen molar-refractivity contribution in [3.05, 3.63) is 70.8 Å². The molecule has 472 valence electrons. The summed E-state index contributed by atoms with van der Waals surface area (Å²) in [6.07, 6.45) is 38.7. The van der Waals surface area contributed by atoms with Gasteiger partial charge in [0.1, 0.15) is 16.1 Å². The van der Waals surface area contributed by atoms with Crippen LogP contribution in [0, 0.1) is 74.4 Å². The second-order valence-electron chi connectivity index (χ2n) is 32.3. The summed E-state index contributed by atoms with van der Waals surface area (Å²) in [4.78, 5) is 36.0. The molecule has 13 heteroatoms. The molecule has 6 N–H and O–H groups in total. The van der Waals surface area contributed by atoms with Gasteiger partial charge in [0.15, 0.2) is 17.5 Å². The summed E-state index contributed by atoms with van der Waals surface area (Å²) in [5.74, 6) is 6.77. The highest BCUT2D eigenvalue weighted by atomic mass is 33.1. The number of phenolic OH excluding ortho intramolecular Hbond substituents is 1. The average Bonchev–Trinajstić information content (AvgIpc) is 1.60. The molecular formula is C74H103N5O6S2. The zero-order chi connectivity index (χ0) is 59.2. The molecule has 2 aromatic carbocycles. The number of aliphatic imine (C=N–C) groups is 1. The van der Waals surface area contributed by atoms with Gasteiger partial charge in [-0.25, -0.2) is 0 Å². The fourth-order valence-electron chi connectivity index (χ4n) is 26.2. The van der Waals surface area contributed by atoms with Gasteiger partial charge in [0, 0.05) is 78.9 Å². The Kier molecular flexibility index (Phi) is 14.8. The molecule has 10 saturated carbocycles. The lowest BCUT2D eigenvalue weighted by Crippen LogP contribution is -2.60. The number of guanidine groups is 1. The molecule has 1 amide bonds. The van der Waals surface area contributed by atoms with Crippen molar-refractivity contribution < 1.29 is 29.3 Å². The summed E-state index contributed by atoms with van der Waals surface area (Å²) in [7, 11) is 6.58. The van der Waals surface area contributed by atoms with E-state index < -0.39 is 17.3 Å². The third kappa shape index (κ3) is 8.83. The highest BCUT2D eigenvalue weighted by Gasteiger charge is 2.77. The topological polar surface area (TPSA) is 159 Å². The van der Waals surface area contributed by atoms with Gasteiger partial charge in [-0.2, -0.15) is 0 Å². The van der Waals surface area contributed by atoms with Crippen LogP contribution < -0.4 is 21.1 Å². The fourth-order valence-corrected chi connectivity index (χ4v) is 30.2. The summed E-state index contributed by atoms with van der Waals surface area (Å²) in [5, 5.41) is 33.9. The fraction of sp³-hybridized carbons (Fsp3) is 0.770. The first-order valence-electron chi connectivity index (χ1n) is 35.7. The number of benzene rings is 2. The highest BCUT2D eigenvalue weighted by Crippen LogP contribution is 2.84. The van der Waals surface area contributed by atoms with E-state index in [4.69, 9.17) is 20.2 Å². The standard InChI is InChI=1S/C74H103N5O6S2/c1-47(80)84-68-31-21-49-37-53(64(83)65-63(49)50-23-34-72(85-65)28-8-14-55(72)38-50)44-79-46-69(41-62(79)82)56(18-19-59(69)48-11-4-3-5-12-48)43-77-66(75)78-74(30-10-27-67(74)25-6-7-26-67)87-86-45-57-16-15-51(58(24-32-68)61(81)40-68)39-71(57)36-35-70-33-22-52(42-76-2)60(70)20-17-54-13-9-29-73(54,70)71/h3-5,11-12,23,34,37,50-52,54-61,76,81,83H,6-10,13-22,24-33,35-36,38-46H2,1-2H3,(H3,75,77,78)/t50-,51+,52-,54+,55+,56-,57+,58-,59-,60-,61+,68-,69+,70-,71+,72+,73+,74-/m0/s1. The van der Waals surface area contributed by atoms with E-state index in [1.165, 1.54) is 127 Å². The lowest BCUT2D eigenvalue weighted by molar-refractivity contribution is -0.180. The van der Waals surface area contributed by atoms with Crippen LogP contribution in [0.15, 0.2) is 53.5 Å². The van der Waals surface area contributed by atoms with E-state index in [2.05, 4.69) is 92.7 Å². The zero-order valence-corrected chi connectivity index (χ0v) is 54.4. The number of aryl methyl sites for hydroxylation is 1. The van der Waals surface area contributed by atoms with Crippen molar-refractivity contribution in [2.75, 3.05) is 32.4 Å². The number of nitrogens with two attached hydrogens (primary N) is 1. The number of allylic oxidation sites excluding steroid dienone is 1. The minimum atomic E-state index is -0.821. The largest absolute Gasteiger partial charge is 0.504 e. The van der Waals surface area contributed by atoms with E-state index in [1.807, 2.05) is 0 Å². The number of aliphatic hydroxyl groups excluding tert-OH is 1. The van der Waals surface area contributed by atoms with Crippen LogP contribution in [0.3, 0.4) is 0 Å². The van der Waals surface area contributed by atoms with Gasteiger partial charge in [0.05, 0.1) is 6.10 Å². The quantitative estimate of drug-likeness (QED) is 0.113. The Morgan fingerprint density at radius 1 is 0.839 bits per heavy atom. The molecular weight excluding hydrogens is 1120 g/mol. The summed E-state index contributed by atoms with van der Waals surface area (Å²) in [6, 6.07) is 13.1. The van der Waals surface area contributed by atoms with Crippen LogP contribution in [0.2, 0.25) is 0 Å². The molecule has 6 aliphatic heterocycles. The highest BCUT2D eigenvalue weighted by molar-refractivity contribution is 8.77. The molecule has 1 saturated heterocycles. The molecule has 0 radical (unpaired) electrons. The number of ether oxygens (including phenoxy) is 2. The molecule has 19 rings (SSSR count). The van der Waals surface area contributed by atoms with Crippen LogP contribution in [-0.2, 0) is 27.3 Å². The number of hydrogen-bond acceptors (Lipinski definition) is 12. The van der Waals surface area contributed by atoms with Gasteiger partial charge in [0.2, 0.25) is 5.91 Å². The Balaban J connectivity index is 0.802. The predicted octanol–water partition coefficient (Wildman–Crippen LogP) is 14.4. The van der Waals surface area contributed by atoms with Crippen LogP contribution in [0.5, 0.6) is 11.5 Å². The van der Waals surface area contributed by atoms with Crippen molar-refractivity contribution in [2.24, 2.45) is 85.1 Å². The molecule has 7 spiro atoms. The monoisotopic (exact) mass is 1220 g/mol. The van der Waals surface area contributed by atoms with E-state index in [0.29, 0.717) is 79.1 Å². The maximum Gasteiger partial charge on any atom is 0.303 e. The molecule has 18 atom stereocenters. The molecule has 0 unspecified atom stereocenters. The van der Waals surface area contributed by atoms with Crippen LogP contribution in [0.4, 0.5) is 0 Å². The number of aliphatic hydroxyl groups is 1. The van der Waals surface area contributed by atoms with Gasteiger partial charge in [-0.15, -0.1) is 0 Å². The maximum absolute atomic E-state index is 15.1. The van der Waals surface area contributed by atoms with E-state index in [1.54, 1.807) is 6.92 Å². The number of carbonyl (C=O) groups is 2. The van der Waals surface area contributed by atoms with Gasteiger partial charge in [-0.05, 0) is 267 Å². The summed E-state index contributed by atoms with van der Waals surface area (Å²) < 4.78 is 14.0. The minimum absolute atomic E-state index is 0.0864. The molecule has 87 heavy (non-hydrogen) atoms. The summed E-state index contributed by atoms with van der Waals surface area (Å²) >= 11 is 0. The number of phenols is 1. The van der Waals surface area contributed by atoms with Crippen molar-refractivity contribution >= 4 is 39.4 Å². The Morgan fingerprint density at radius 2 is 1.64 bits per heavy atom. The third-order valence-corrected chi connectivity index (χ3v) is 32.7. The van der Waals surface area contributed by atoms with Gasteiger partial charge in [0.25, 0.3) is 0 Å². The smallest absolute Gasteiger partial charge is 0.303 e. The number of nitrogens with one attached hydrogen (secondary N) is 2. The molecule has 17 aliphatic rings. The van der Waals surface area contributed by atoms with Crippen molar-refractivity contribution in [2.45, 2.75) is 247 Å². The molecule has 10 bridgehead atoms. The number of nitrogens with zero attached hydrogens (tertiary/aromatic N) is 2. The average molecular weight is 1220 g/mol. The molecule has 0 aromatic heterocycles. The number of amides is 1. The Morgan fingerprint density at radius 3 is 2.48 bits per heavy atom. The van der Waals surface area contributed by atoms with E-state index in [0.717, 1.165) is 98.8 Å². The summed E-state index contributed by atoms with van der Waals surface area (Å²) in [5.41, 5.74) is 11.2. The zero-order valence-electron chi connectivity index (χ0n) is 52.7. The van der Waals surface area contributed by atoms with E-state index in [-0.39, 0.29) is 69.0 Å². The number of carbonyl (C=O) groups excluding carboxylic acids is 2. The van der Waals surface area contributed by atoms with Gasteiger partial charge in [-0.1, -0.05) is 77.3 Å². The first kappa shape index (κ1) is 58.7. The van der Waals surface area contributed by atoms with E-state index in [9.17, 15) is 15.0 Å². The Labute approximate surface area is 527 Å². The van der Waals surface area contributed by atoms with Crippen molar-refractivity contribution in [1.82, 2.24) is 15.5 Å². The van der Waals surface area contributed by atoms with Gasteiger partial charge >= 0.3 is 5.97 Å². The molecule has 6 heterocycles. The molecule has 11 aliphatic carbocycles. The first-order valence-corrected chi connectivity index (χ1v) is 38.0. The normalized spacial score (nSPS) is 45.1. The Hall–Kier alpha value is -3.39. The SMILES string of the molecule is CNC[C@@H]1CC[C@@]23CC[C@]4(C[C@H]5CC[C@@H]4CSS[C@]4(CCCC46CCCC6)NC(N)=NC[C@@H]4CC[C@@H](c6ccccc6)[C@@]46CC(=O)N(Cc4cc(c7c(c4O)O[C@]48C=C[C@H]7C[C@H]4CCC8)CC[C@]4(OC(C)=O)CC[C@@H]5[C@H](O)C4)C6)[C@@]24CCC[C@@H]4CC[C@@H]13. The number of rotatable bonds is 4. The number of fused-ring (bicyclic) bond motifs is 2. The lowest BCUT2D eigenvalue weighted by atomic mass is 9.40. The number of hydrogen-bond donors (Lipinski definition) is 5. The van der Waals surface area contributed by atoms with Crippen molar-refractivity contribution in [3.8, 4) is 11.5 Å². The Bertz CT molecular complexity index is 3060. The van der Waals surface area contributed by atoms with Gasteiger partial charge < -0.3 is 41.0 Å². The second kappa shape index (κ2) is 21.9. The van der Waals surface area contributed by atoms with Crippen LogP contribution in [0.25, 0.3) is 0 Å².